The molecule has 0 aliphatic carbocycles. The number of nitrogens with two attached hydrogens (primary N) is 1. The first-order chi connectivity index (χ1) is 7.51. The van der Waals surface area contributed by atoms with Crippen LogP contribution >= 0.6 is 23.2 Å². The van der Waals surface area contributed by atoms with E-state index in [1.807, 2.05) is 0 Å². The second-order valence-corrected chi connectivity index (χ2v) is 4.73. The van der Waals surface area contributed by atoms with E-state index in [0.717, 1.165) is 18.4 Å². The van der Waals surface area contributed by atoms with Gasteiger partial charge in [0, 0.05) is 0 Å². The number of rotatable bonds is 4. The Morgan fingerprint density at radius 2 is 1.62 bits per heavy atom. The van der Waals surface area contributed by atoms with E-state index in [0.29, 0.717) is 15.7 Å². The summed E-state index contributed by atoms with van der Waals surface area (Å²) in [4.78, 5) is 0. The van der Waals surface area contributed by atoms with E-state index in [2.05, 4.69) is 13.8 Å². The van der Waals surface area contributed by atoms with Gasteiger partial charge in [0.25, 0.3) is 0 Å². The Morgan fingerprint density at radius 3 is 2.00 bits per heavy atom. The van der Waals surface area contributed by atoms with E-state index in [1.165, 1.54) is 0 Å². The van der Waals surface area contributed by atoms with Gasteiger partial charge < -0.3 is 10.8 Å². The van der Waals surface area contributed by atoms with Crippen LogP contribution in [0, 0.1) is 5.92 Å². The predicted molar refractivity (Wildman–Crippen MR) is 69.9 cm³/mol. The van der Waals surface area contributed by atoms with Crippen molar-refractivity contribution in [2.24, 2.45) is 5.92 Å². The summed E-state index contributed by atoms with van der Waals surface area (Å²) >= 11 is 11.9. The van der Waals surface area contributed by atoms with E-state index in [4.69, 9.17) is 28.9 Å². The van der Waals surface area contributed by atoms with Gasteiger partial charge >= 0.3 is 0 Å². The van der Waals surface area contributed by atoms with E-state index in [-0.39, 0.29) is 5.92 Å². The van der Waals surface area contributed by atoms with Gasteiger partial charge in [-0.1, -0.05) is 49.9 Å². The first kappa shape index (κ1) is 13.6. The first-order valence-corrected chi connectivity index (χ1v) is 6.19. The fraction of sp³-hybridized carbons (Fsp3) is 0.500. The lowest BCUT2D eigenvalue weighted by molar-refractivity contribution is 0.103. The van der Waals surface area contributed by atoms with Crippen molar-refractivity contribution in [1.29, 1.82) is 0 Å². The van der Waals surface area contributed by atoms with Crippen LogP contribution in [-0.2, 0) is 0 Å². The fourth-order valence-corrected chi connectivity index (χ4v) is 2.29. The molecule has 1 rings (SSSR count). The Morgan fingerprint density at radius 1 is 1.19 bits per heavy atom. The van der Waals surface area contributed by atoms with Crippen molar-refractivity contribution in [2.45, 2.75) is 32.8 Å². The monoisotopic (exact) mass is 261 g/mol. The Kier molecular flexibility index (Phi) is 4.90. The summed E-state index contributed by atoms with van der Waals surface area (Å²) in [6, 6.07) is 3.37. The molecular weight excluding hydrogens is 245 g/mol. The average molecular weight is 262 g/mol. The molecule has 0 radical (unpaired) electrons. The van der Waals surface area contributed by atoms with Crippen molar-refractivity contribution >= 4 is 28.9 Å². The van der Waals surface area contributed by atoms with Crippen LogP contribution in [0.1, 0.15) is 38.4 Å². The molecule has 16 heavy (non-hydrogen) atoms. The number of halogens is 2. The normalized spacial score (nSPS) is 13.1. The van der Waals surface area contributed by atoms with E-state index < -0.39 is 6.10 Å². The summed E-state index contributed by atoms with van der Waals surface area (Å²) in [7, 11) is 0. The van der Waals surface area contributed by atoms with Crippen LogP contribution in [0.5, 0.6) is 0 Å². The molecule has 0 aliphatic heterocycles. The number of nitrogen functional groups attached to an aromatic ring is 1. The molecule has 0 aromatic heterocycles. The molecule has 0 heterocycles. The van der Waals surface area contributed by atoms with Crippen LogP contribution < -0.4 is 5.73 Å². The van der Waals surface area contributed by atoms with Gasteiger partial charge in [-0.3, -0.25) is 0 Å². The Hall–Kier alpha value is -0.440. The lowest BCUT2D eigenvalue weighted by Gasteiger charge is -2.21. The molecule has 0 fully saturated rings. The SMILES string of the molecule is CCC(CC)C(O)c1cc(Cl)c(N)c(Cl)c1. The van der Waals surface area contributed by atoms with Gasteiger partial charge in [0.05, 0.1) is 21.8 Å². The highest BCUT2D eigenvalue weighted by atomic mass is 35.5. The van der Waals surface area contributed by atoms with Gasteiger partial charge in [0.2, 0.25) is 0 Å². The highest BCUT2D eigenvalue weighted by molar-refractivity contribution is 6.38. The predicted octanol–water partition coefficient (Wildman–Crippen LogP) is 4.05. The smallest absolute Gasteiger partial charge is 0.0819 e. The van der Waals surface area contributed by atoms with E-state index in [1.54, 1.807) is 12.1 Å². The van der Waals surface area contributed by atoms with E-state index >= 15 is 0 Å². The van der Waals surface area contributed by atoms with Crippen molar-refractivity contribution < 1.29 is 5.11 Å². The first-order valence-electron chi connectivity index (χ1n) is 5.43. The summed E-state index contributed by atoms with van der Waals surface area (Å²) in [5.74, 6) is 0.218. The van der Waals surface area contributed by atoms with Crippen LogP contribution in [0.4, 0.5) is 5.69 Å². The molecule has 2 nitrogen and oxygen atoms in total. The third-order valence-electron chi connectivity index (χ3n) is 2.94. The molecule has 1 atom stereocenters. The number of anilines is 1. The summed E-state index contributed by atoms with van der Waals surface area (Å²) in [5.41, 5.74) is 6.75. The minimum absolute atomic E-state index is 0.218. The summed E-state index contributed by atoms with van der Waals surface area (Å²) in [6.45, 7) is 4.11. The molecular formula is C12H17Cl2NO. The van der Waals surface area contributed by atoms with Crippen LogP contribution in [0.15, 0.2) is 12.1 Å². The van der Waals surface area contributed by atoms with Crippen LogP contribution in [0.25, 0.3) is 0 Å². The number of hydrogen-bond donors (Lipinski definition) is 2. The number of aliphatic hydroxyl groups excluding tert-OH is 1. The third-order valence-corrected chi connectivity index (χ3v) is 3.56. The molecule has 0 saturated heterocycles. The maximum atomic E-state index is 10.2. The van der Waals surface area contributed by atoms with Gasteiger partial charge in [0.15, 0.2) is 0 Å². The highest BCUT2D eigenvalue weighted by Gasteiger charge is 2.19. The third kappa shape index (κ3) is 2.82. The van der Waals surface area contributed by atoms with Gasteiger partial charge in [-0.15, -0.1) is 0 Å². The molecule has 4 heteroatoms. The standard InChI is InChI=1S/C12H17Cl2NO/c1-3-7(4-2)12(16)8-5-9(13)11(15)10(14)6-8/h5-7,12,16H,3-4,15H2,1-2H3. The molecule has 3 N–H and O–H groups in total. The maximum Gasteiger partial charge on any atom is 0.0819 e. The van der Waals surface area contributed by atoms with Gasteiger partial charge in [-0.05, 0) is 23.6 Å². The van der Waals surface area contributed by atoms with Gasteiger partial charge in [0.1, 0.15) is 0 Å². The number of hydrogen-bond acceptors (Lipinski definition) is 2. The zero-order chi connectivity index (χ0) is 12.3. The van der Waals surface area contributed by atoms with Crippen LogP contribution in [0.2, 0.25) is 10.0 Å². The Bertz CT molecular complexity index is 341. The number of aliphatic hydroxyl groups is 1. The summed E-state index contributed by atoms with van der Waals surface area (Å²) < 4.78 is 0. The second kappa shape index (κ2) is 5.76. The van der Waals surface area contributed by atoms with Crippen LogP contribution in [-0.4, -0.2) is 5.11 Å². The molecule has 1 aromatic carbocycles. The molecule has 0 spiro atoms. The van der Waals surface area contributed by atoms with Crippen LogP contribution in [0.3, 0.4) is 0 Å². The minimum Gasteiger partial charge on any atom is -0.396 e. The molecule has 90 valence electrons. The van der Waals surface area contributed by atoms with Gasteiger partial charge in [-0.2, -0.15) is 0 Å². The van der Waals surface area contributed by atoms with Crippen molar-refractivity contribution in [2.75, 3.05) is 5.73 Å². The van der Waals surface area contributed by atoms with Crippen molar-refractivity contribution in [3.63, 3.8) is 0 Å². The average Bonchev–Trinajstić information content (AvgIpc) is 2.26. The van der Waals surface area contributed by atoms with E-state index in [9.17, 15) is 5.11 Å². The largest absolute Gasteiger partial charge is 0.396 e. The lowest BCUT2D eigenvalue weighted by Crippen LogP contribution is -2.11. The van der Waals surface area contributed by atoms with Crippen molar-refractivity contribution in [3.05, 3.63) is 27.7 Å². The zero-order valence-corrected chi connectivity index (χ0v) is 11.0. The Labute approximate surface area is 106 Å². The molecule has 0 aliphatic rings. The molecule has 1 aromatic rings. The number of benzene rings is 1. The molecule has 0 saturated carbocycles. The summed E-state index contributed by atoms with van der Waals surface area (Å²) in [6.07, 6.45) is 1.29. The lowest BCUT2D eigenvalue weighted by atomic mass is 9.91. The quantitative estimate of drug-likeness (QED) is 0.804. The highest BCUT2D eigenvalue weighted by Crippen LogP contribution is 2.34. The molecule has 1 unspecified atom stereocenters. The maximum absolute atomic E-state index is 10.2. The minimum atomic E-state index is -0.536. The Balaban J connectivity index is 3.04. The van der Waals surface area contributed by atoms with Gasteiger partial charge in [-0.25, -0.2) is 0 Å². The molecule has 0 amide bonds. The van der Waals surface area contributed by atoms with Crippen molar-refractivity contribution in [1.82, 2.24) is 0 Å². The topological polar surface area (TPSA) is 46.2 Å². The second-order valence-electron chi connectivity index (χ2n) is 3.92. The van der Waals surface area contributed by atoms with Crippen molar-refractivity contribution in [3.8, 4) is 0 Å². The molecule has 0 bridgehead atoms. The zero-order valence-electron chi connectivity index (χ0n) is 9.50. The fourth-order valence-electron chi connectivity index (χ4n) is 1.78. The summed E-state index contributed by atoms with van der Waals surface area (Å²) in [5, 5.41) is 11.0.